The molecule has 1 unspecified atom stereocenters. The lowest BCUT2D eigenvalue weighted by molar-refractivity contribution is 0.174. The molecule has 1 atom stereocenters. The fourth-order valence-corrected chi connectivity index (χ4v) is 3.60. The first-order chi connectivity index (χ1) is 11.7. The van der Waals surface area contributed by atoms with Crippen LogP contribution in [0.4, 0.5) is 0 Å². The average molecular weight is 315 g/mol. The number of fused-ring (bicyclic) bond motifs is 1. The molecule has 3 aromatic rings. The van der Waals surface area contributed by atoms with E-state index in [1.54, 1.807) is 0 Å². The number of aromatic nitrogens is 1. The zero-order chi connectivity index (χ0) is 16.5. The number of hydrogen-bond acceptors (Lipinski definition) is 2. The second-order valence-corrected chi connectivity index (χ2v) is 6.49. The Hall–Kier alpha value is -2.61. The second-order valence-electron chi connectivity index (χ2n) is 6.49. The highest BCUT2D eigenvalue weighted by Crippen LogP contribution is 2.35. The Morgan fingerprint density at radius 1 is 0.958 bits per heavy atom. The van der Waals surface area contributed by atoms with E-state index in [1.807, 2.05) is 18.3 Å². The smallest absolute Gasteiger partial charge is 0.141 e. The minimum Gasteiger partial charge on any atom is -0.484 e. The summed E-state index contributed by atoms with van der Waals surface area (Å²) in [4.78, 5) is 4.41. The third-order valence-electron chi connectivity index (χ3n) is 4.79. The van der Waals surface area contributed by atoms with E-state index in [-0.39, 0.29) is 6.10 Å². The van der Waals surface area contributed by atoms with Crippen molar-refractivity contribution in [3.05, 3.63) is 83.2 Å². The Morgan fingerprint density at radius 3 is 2.58 bits per heavy atom. The lowest BCUT2D eigenvalue weighted by Gasteiger charge is -2.26. The highest BCUT2D eigenvalue weighted by molar-refractivity contribution is 5.71. The molecule has 0 aliphatic carbocycles. The maximum Gasteiger partial charge on any atom is 0.141 e. The van der Waals surface area contributed by atoms with E-state index in [0.717, 1.165) is 24.3 Å². The molecular weight excluding hydrogens is 294 g/mol. The fourth-order valence-electron chi connectivity index (χ4n) is 3.60. The van der Waals surface area contributed by atoms with Gasteiger partial charge in [0.2, 0.25) is 0 Å². The van der Waals surface area contributed by atoms with Gasteiger partial charge < -0.3 is 4.74 Å². The van der Waals surface area contributed by atoms with Gasteiger partial charge in [-0.05, 0) is 72.7 Å². The van der Waals surface area contributed by atoms with Crippen molar-refractivity contribution in [2.75, 3.05) is 0 Å². The van der Waals surface area contributed by atoms with Gasteiger partial charge in [0.25, 0.3) is 0 Å². The number of ether oxygens (including phenoxy) is 1. The predicted molar refractivity (Wildman–Crippen MR) is 97.3 cm³/mol. The number of nitrogens with zero attached hydrogens (tertiary/aromatic N) is 1. The largest absolute Gasteiger partial charge is 0.484 e. The molecular formula is C22H21NO. The molecule has 2 aromatic carbocycles. The quantitative estimate of drug-likeness (QED) is 0.629. The summed E-state index contributed by atoms with van der Waals surface area (Å²) >= 11 is 0. The van der Waals surface area contributed by atoms with Crippen LogP contribution in [0.25, 0.3) is 11.1 Å². The summed E-state index contributed by atoms with van der Waals surface area (Å²) in [7, 11) is 0. The summed E-state index contributed by atoms with van der Waals surface area (Å²) in [5, 5.41) is 0. The molecule has 0 bridgehead atoms. The zero-order valence-corrected chi connectivity index (χ0v) is 14.1. The second kappa shape index (κ2) is 6.12. The van der Waals surface area contributed by atoms with E-state index in [2.05, 4.69) is 61.3 Å². The van der Waals surface area contributed by atoms with Gasteiger partial charge in [-0.3, -0.25) is 4.98 Å². The van der Waals surface area contributed by atoms with Crippen molar-refractivity contribution >= 4 is 0 Å². The minimum absolute atomic E-state index is 0.103. The molecule has 120 valence electrons. The molecule has 4 rings (SSSR count). The third-order valence-corrected chi connectivity index (χ3v) is 4.79. The predicted octanol–water partition coefficient (Wildman–Crippen LogP) is 5.43. The monoisotopic (exact) mass is 315 g/mol. The van der Waals surface area contributed by atoms with E-state index < -0.39 is 0 Å². The van der Waals surface area contributed by atoms with Crippen molar-refractivity contribution in [1.29, 1.82) is 0 Å². The number of aryl methyl sites for hydroxylation is 3. The molecule has 0 amide bonds. The van der Waals surface area contributed by atoms with Crippen molar-refractivity contribution in [2.45, 2.75) is 32.8 Å². The van der Waals surface area contributed by atoms with Crippen LogP contribution in [0.5, 0.6) is 5.75 Å². The molecule has 2 heteroatoms. The van der Waals surface area contributed by atoms with Crippen LogP contribution in [-0.4, -0.2) is 4.98 Å². The average Bonchev–Trinajstić information content (AvgIpc) is 2.61. The third kappa shape index (κ3) is 2.69. The molecule has 0 fully saturated rings. The van der Waals surface area contributed by atoms with Crippen molar-refractivity contribution < 1.29 is 4.74 Å². The van der Waals surface area contributed by atoms with Crippen molar-refractivity contribution in [3.8, 4) is 16.9 Å². The number of benzene rings is 2. The fraction of sp³-hybridized carbons (Fsp3) is 0.227. The molecule has 24 heavy (non-hydrogen) atoms. The Balaban J connectivity index is 1.69. The van der Waals surface area contributed by atoms with Gasteiger partial charge in [0.05, 0.1) is 5.69 Å². The molecule has 0 radical (unpaired) electrons. The normalized spacial score (nSPS) is 16.3. The van der Waals surface area contributed by atoms with Crippen molar-refractivity contribution in [2.24, 2.45) is 0 Å². The molecule has 1 aliphatic rings. The molecule has 1 aromatic heterocycles. The lowest BCUT2D eigenvalue weighted by atomic mass is 9.92. The molecule has 2 heterocycles. The SMILES string of the molecule is Cc1cccc(C)c1-c1cccc(C2CCc3ncccc3O2)c1. The summed E-state index contributed by atoms with van der Waals surface area (Å²) in [6.07, 6.45) is 3.88. The molecule has 0 saturated heterocycles. The molecule has 0 N–H and O–H groups in total. The van der Waals surface area contributed by atoms with Gasteiger partial charge in [0, 0.05) is 6.20 Å². The van der Waals surface area contributed by atoms with Crippen LogP contribution in [0.1, 0.15) is 34.9 Å². The number of hydrogen-bond donors (Lipinski definition) is 0. The number of rotatable bonds is 2. The molecule has 0 saturated carbocycles. The highest BCUT2D eigenvalue weighted by atomic mass is 16.5. The van der Waals surface area contributed by atoms with E-state index in [1.165, 1.54) is 27.8 Å². The van der Waals surface area contributed by atoms with E-state index in [0.29, 0.717) is 0 Å². The summed E-state index contributed by atoms with van der Waals surface area (Å²) in [6.45, 7) is 4.35. The summed E-state index contributed by atoms with van der Waals surface area (Å²) in [5.41, 5.74) is 7.53. The molecule has 1 aliphatic heterocycles. The van der Waals surface area contributed by atoms with Crippen LogP contribution in [0.3, 0.4) is 0 Å². The molecule has 2 nitrogen and oxygen atoms in total. The molecule has 0 spiro atoms. The van der Waals surface area contributed by atoms with Crippen LogP contribution >= 0.6 is 0 Å². The van der Waals surface area contributed by atoms with Gasteiger partial charge >= 0.3 is 0 Å². The van der Waals surface area contributed by atoms with Crippen LogP contribution < -0.4 is 4.74 Å². The van der Waals surface area contributed by atoms with E-state index in [4.69, 9.17) is 4.74 Å². The van der Waals surface area contributed by atoms with Gasteiger partial charge in [-0.1, -0.05) is 36.4 Å². The Bertz CT molecular complexity index is 864. The summed E-state index contributed by atoms with van der Waals surface area (Å²) in [5.74, 6) is 0.922. The van der Waals surface area contributed by atoms with Crippen LogP contribution in [0.15, 0.2) is 60.8 Å². The van der Waals surface area contributed by atoms with Crippen LogP contribution in [-0.2, 0) is 6.42 Å². The summed E-state index contributed by atoms with van der Waals surface area (Å²) < 4.78 is 6.21. The zero-order valence-electron chi connectivity index (χ0n) is 14.1. The van der Waals surface area contributed by atoms with Crippen LogP contribution in [0.2, 0.25) is 0 Å². The van der Waals surface area contributed by atoms with E-state index in [9.17, 15) is 0 Å². The van der Waals surface area contributed by atoms with Crippen molar-refractivity contribution in [1.82, 2.24) is 4.98 Å². The van der Waals surface area contributed by atoms with Crippen LogP contribution in [0, 0.1) is 13.8 Å². The summed E-state index contributed by atoms with van der Waals surface area (Å²) in [6, 6.07) is 19.2. The number of pyridine rings is 1. The standard InChI is InChI=1S/C22H21NO/c1-15-6-3-7-16(2)22(15)18-9-4-8-17(14-18)20-12-11-19-21(24-20)10-5-13-23-19/h3-10,13-14,20H,11-12H2,1-2H3. The Morgan fingerprint density at radius 2 is 1.75 bits per heavy atom. The van der Waals surface area contributed by atoms with E-state index >= 15 is 0 Å². The maximum absolute atomic E-state index is 6.21. The highest BCUT2D eigenvalue weighted by Gasteiger charge is 2.22. The van der Waals surface area contributed by atoms with Gasteiger partial charge in [-0.15, -0.1) is 0 Å². The first kappa shape index (κ1) is 14.9. The van der Waals surface area contributed by atoms with Gasteiger partial charge in [0.1, 0.15) is 11.9 Å². The van der Waals surface area contributed by atoms with Gasteiger partial charge in [-0.25, -0.2) is 0 Å². The minimum atomic E-state index is 0.103. The Kier molecular flexibility index (Phi) is 3.81. The lowest BCUT2D eigenvalue weighted by Crippen LogP contribution is -2.16. The van der Waals surface area contributed by atoms with Gasteiger partial charge in [-0.2, -0.15) is 0 Å². The van der Waals surface area contributed by atoms with Gasteiger partial charge in [0.15, 0.2) is 0 Å². The first-order valence-electron chi connectivity index (χ1n) is 8.49. The Labute approximate surface area is 143 Å². The first-order valence-corrected chi connectivity index (χ1v) is 8.49. The topological polar surface area (TPSA) is 22.1 Å². The maximum atomic E-state index is 6.21. The van der Waals surface area contributed by atoms with Crippen molar-refractivity contribution in [3.63, 3.8) is 0 Å².